The van der Waals surface area contributed by atoms with E-state index < -0.39 is 46.9 Å². The van der Waals surface area contributed by atoms with Crippen LogP contribution in [-0.2, 0) is 5.92 Å². The number of hydrogen-bond donors (Lipinski definition) is 1. The zero-order valence-corrected chi connectivity index (χ0v) is 7.68. The Morgan fingerprint density at radius 1 is 0.824 bits per heavy atom. The average molecular weight is 265 g/mol. The second-order valence-corrected chi connectivity index (χ2v) is 2.97. The van der Waals surface area contributed by atoms with Crippen molar-refractivity contribution in [1.82, 2.24) is 0 Å². The van der Waals surface area contributed by atoms with Crippen LogP contribution in [0, 0.1) is 23.3 Å². The number of nitrogens with two attached hydrogens (primary N) is 1. The largest absolute Gasteiger partial charge is 0.394 e. The third-order valence-electron chi connectivity index (χ3n) is 1.90. The van der Waals surface area contributed by atoms with Crippen LogP contribution in [0.3, 0.4) is 0 Å². The molecule has 0 spiro atoms. The van der Waals surface area contributed by atoms with Gasteiger partial charge in [0.25, 0.3) is 0 Å². The van der Waals surface area contributed by atoms with Crippen molar-refractivity contribution >= 4 is 5.69 Å². The molecule has 0 aromatic heterocycles. The highest BCUT2D eigenvalue weighted by Crippen LogP contribution is 2.40. The molecule has 0 heterocycles. The fourth-order valence-electron chi connectivity index (χ4n) is 1.05. The van der Waals surface area contributed by atoms with Crippen LogP contribution in [0.4, 0.5) is 40.8 Å². The molecule has 0 aliphatic heterocycles. The molecule has 1 aromatic carbocycles. The minimum absolute atomic E-state index is 1.70. The molecule has 96 valence electrons. The Bertz CT molecular complexity index is 426. The lowest BCUT2D eigenvalue weighted by molar-refractivity contribution is -0.139. The normalized spacial score (nSPS) is 12.3. The zero-order chi connectivity index (χ0) is 13.5. The van der Waals surface area contributed by atoms with E-state index in [9.17, 15) is 35.1 Å². The van der Waals surface area contributed by atoms with E-state index in [4.69, 9.17) is 0 Å². The van der Waals surface area contributed by atoms with Crippen LogP contribution < -0.4 is 5.73 Å². The molecular weight excluding hydrogens is 262 g/mol. The highest BCUT2D eigenvalue weighted by molar-refractivity contribution is 5.46. The number of rotatable bonds is 2. The number of alkyl halides is 4. The van der Waals surface area contributed by atoms with Crippen LogP contribution in [0.5, 0.6) is 0 Å². The van der Waals surface area contributed by atoms with Crippen molar-refractivity contribution in [3.05, 3.63) is 28.8 Å². The van der Waals surface area contributed by atoms with E-state index in [0.29, 0.717) is 0 Å². The van der Waals surface area contributed by atoms with Gasteiger partial charge < -0.3 is 5.73 Å². The number of nitrogen functional groups attached to an aromatic ring is 1. The van der Waals surface area contributed by atoms with Crippen molar-refractivity contribution < 1.29 is 35.1 Å². The van der Waals surface area contributed by atoms with Gasteiger partial charge in [-0.3, -0.25) is 0 Å². The first-order chi connectivity index (χ1) is 7.62. The summed E-state index contributed by atoms with van der Waals surface area (Å²) in [5.74, 6) is -15.4. The third kappa shape index (κ3) is 1.89. The van der Waals surface area contributed by atoms with E-state index in [2.05, 4.69) is 5.73 Å². The van der Waals surface area contributed by atoms with Crippen molar-refractivity contribution in [3.8, 4) is 0 Å². The van der Waals surface area contributed by atoms with Crippen molar-refractivity contribution in [3.63, 3.8) is 0 Å². The van der Waals surface area contributed by atoms with Gasteiger partial charge in [-0.1, -0.05) is 0 Å². The fourth-order valence-corrected chi connectivity index (χ4v) is 1.05. The number of benzene rings is 1. The first-order valence-electron chi connectivity index (χ1n) is 3.90. The van der Waals surface area contributed by atoms with Gasteiger partial charge in [0.2, 0.25) is 0 Å². The predicted octanol–water partition coefficient (Wildman–Crippen LogP) is 3.18. The van der Waals surface area contributed by atoms with Gasteiger partial charge in [-0.2, -0.15) is 8.78 Å². The van der Waals surface area contributed by atoms with Gasteiger partial charge >= 0.3 is 12.3 Å². The zero-order valence-electron chi connectivity index (χ0n) is 7.68. The minimum Gasteiger partial charge on any atom is -0.394 e. The summed E-state index contributed by atoms with van der Waals surface area (Å²) >= 11 is 0. The average Bonchev–Trinajstić information content (AvgIpc) is 2.23. The maximum absolute atomic E-state index is 12.9. The predicted molar refractivity (Wildman–Crippen MR) is 40.6 cm³/mol. The van der Waals surface area contributed by atoms with E-state index in [1.165, 1.54) is 0 Å². The number of hydrogen-bond acceptors (Lipinski definition) is 1. The highest BCUT2D eigenvalue weighted by atomic mass is 19.3. The molecule has 0 radical (unpaired) electrons. The quantitative estimate of drug-likeness (QED) is 0.496. The Kier molecular flexibility index (Phi) is 3.22. The lowest BCUT2D eigenvalue weighted by atomic mass is 10.1. The van der Waals surface area contributed by atoms with Gasteiger partial charge in [-0.05, 0) is 0 Å². The molecule has 0 bridgehead atoms. The van der Waals surface area contributed by atoms with E-state index in [-0.39, 0.29) is 0 Å². The molecule has 0 amide bonds. The molecule has 0 saturated heterocycles. The maximum Gasteiger partial charge on any atom is 0.338 e. The topological polar surface area (TPSA) is 26.0 Å². The fraction of sp³-hybridized carbons (Fsp3) is 0.250. The summed E-state index contributed by atoms with van der Waals surface area (Å²) < 4.78 is 100. The molecule has 9 heteroatoms. The summed E-state index contributed by atoms with van der Waals surface area (Å²) in [7, 11) is 0. The summed E-state index contributed by atoms with van der Waals surface area (Å²) in [6.07, 6.45) is -4.53. The Morgan fingerprint density at radius 3 is 1.47 bits per heavy atom. The van der Waals surface area contributed by atoms with Gasteiger partial charge in [-0.15, -0.1) is 0 Å². The Morgan fingerprint density at radius 2 is 1.18 bits per heavy atom. The lowest BCUT2D eigenvalue weighted by Gasteiger charge is -2.18. The first kappa shape index (κ1) is 13.5. The van der Waals surface area contributed by atoms with E-state index >= 15 is 0 Å². The second kappa shape index (κ2) is 4.04. The van der Waals surface area contributed by atoms with Gasteiger partial charge in [0.1, 0.15) is 11.3 Å². The van der Waals surface area contributed by atoms with Crippen LogP contribution >= 0.6 is 0 Å². The van der Waals surface area contributed by atoms with Crippen LogP contribution in [-0.4, -0.2) is 6.43 Å². The Balaban J connectivity index is 3.66. The van der Waals surface area contributed by atoms with Gasteiger partial charge in [-0.25, -0.2) is 26.3 Å². The van der Waals surface area contributed by atoms with Crippen LogP contribution in [0.2, 0.25) is 0 Å². The molecule has 17 heavy (non-hydrogen) atoms. The Hall–Kier alpha value is -1.54. The van der Waals surface area contributed by atoms with Gasteiger partial charge in [0.05, 0.1) is 0 Å². The summed E-state index contributed by atoms with van der Waals surface area (Å²) in [6, 6.07) is 0. The monoisotopic (exact) mass is 265 g/mol. The molecule has 0 aliphatic rings. The van der Waals surface area contributed by atoms with E-state index in [1.807, 2.05) is 0 Å². The summed E-state index contributed by atoms with van der Waals surface area (Å²) in [5.41, 5.74) is 0.126. The van der Waals surface area contributed by atoms with Crippen molar-refractivity contribution in [1.29, 1.82) is 0 Å². The molecule has 0 saturated carbocycles. The highest BCUT2D eigenvalue weighted by Gasteiger charge is 2.49. The summed E-state index contributed by atoms with van der Waals surface area (Å²) in [6.45, 7) is 0. The minimum atomic E-state index is -5.37. The molecule has 1 aromatic rings. The molecule has 2 N–H and O–H groups in total. The molecule has 1 rings (SSSR count). The van der Waals surface area contributed by atoms with Crippen molar-refractivity contribution in [2.45, 2.75) is 12.3 Å². The molecular formula is C8H3F8N. The molecule has 0 aliphatic carbocycles. The van der Waals surface area contributed by atoms with E-state index in [0.717, 1.165) is 0 Å². The van der Waals surface area contributed by atoms with Crippen molar-refractivity contribution in [2.24, 2.45) is 0 Å². The van der Waals surface area contributed by atoms with Crippen molar-refractivity contribution in [2.75, 3.05) is 5.73 Å². The lowest BCUT2D eigenvalue weighted by Crippen LogP contribution is -2.28. The maximum atomic E-state index is 12.9. The van der Waals surface area contributed by atoms with Crippen LogP contribution in [0.15, 0.2) is 0 Å². The van der Waals surface area contributed by atoms with Gasteiger partial charge in [0, 0.05) is 0 Å². The first-order valence-corrected chi connectivity index (χ1v) is 3.90. The number of anilines is 1. The summed E-state index contributed by atoms with van der Waals surface area (Å²) in [4.78, 5) is 0. The molecule has 0 fully saturated rings. The van der Waals surface area contributed by atoms with Gasteiger partial charge in [0.15, 0.2) is 23.3 Å². The Labute approximate surface area is 88.8 Å². The standard InChI is InChI=1S/C8H3F8N/c9-2-1(8(15,16)7(13)14)3(10)5(12)6(17)4(2)11/h7H,17H2. The molecule has 0 atom stereocenters. The smallest absolute Gasteiger partial charge is 0.338 e. The summed E-state index contributed by atoms with van der Waals surface area (Å²) in [5, 5.41) is 0. The third-order valence-corrected chi connectivity index (χ3v) is 1.90. The molecule has 1 nitrogen and oxygen atoms in total. The number of halogens is 8. The molecule has 0 unspecified atom stereocenters. The second-order valence-electron chi connectivity index (χ2n) is 2.97. The van der Waals surface area contributed by atoms with Crippen LogP contribution in [0.1, 0.15) is 5.56 Å². The van der Waals surface area contributed by atoms with E-state index in [1.54, 1.807) is 0 Å². The SMILES string of the molecule is Nc1c(F)c(F)c(C(F)(F)C(F)F)c(F)c1F. The van der Waals surface area contributed by atoms with Crippen LogP contribution in [0.25, 0.3) is 0 Å².